The number of aromatic nitrogens is 4. The van der Waals surface area contributed by atoms with Crippen LogP contribution in [0.1, 0.15) is 24.2 Å². The molecule has 124 valence electrons. The van der Waals surface area contributed by atoms with E-state index in [1.165, 1.54) is 0 Å². The van der Waals surface area contributed by atoms with Gasteiger partial charge < -0.3 is 0 Å². The predicted octanol–water partition coefficient (Wildman–Crippen LogP) is 3.72. The lowest BCUT2D eigenvalue weighted by molar-refractivity contribution is 0.248. The highest BCUT2D eigenvalue weighted by Crippen LogP contribution is 2.27. The highest BCUT2D eigenvalue weighted by molar-refractivity contribution is 6.30. The van der Waals surface area contributed by atoms with Gasteiger partial charge in [-0.25, -0.2) is 9.97 Å². The van der Waals surface area contributed by atoms with Crippen molar-refractivity contribution in [1.29, 1.82) is 0 Å². The summed E-state index contributed by atoms with van der Waals surface area (Å²) in [6.07, 6.45) is 5.41. The van der Waals surface area contributed by atoms with Crippen molar-refractivity contribution < 1.29 is 0 Å². The number of benzene rings is 1. The maximum Gasteiger partial charge on any atom is 0.115 e. The van der Waals surface area contributed by atoms with Crippen LogP contribution in [0.15, 0.2) is 49.1 Å². The summed E-state index contributed by atoms with van der Waals surface area (Å²) in [6.45, 7) is 2.90. The third-order valence-electron chi connectivity index (χ3n) is 4.12. The summed E-state index contributed by atoms with van der Waals surface area (Å²) in [4.78, 5) is 10.6. The van der Waals surface area contributed by atoms with Gasteiger partial charge in [0.05, 0.1) is 11.4 Å². The Morgan fingerprint density at radius 2 is 2.12 bits per heavy atom. The topological polar surface area (TPSA) is 46.8 Å². The molecule has 0 N–H and O–H groups in total. The molecule has 1 aromatic carbocycles. The van der Waals surface area contributed by atoms with Gasteiger partial charge >= 0.3 is 0 Å². The Morgan fingerprint density at radius 3 is 2.83 bits per heavy atom. The highest BCUT2D eigenvalue weighted by atomic mass is 35.5. The van der Waals surface area contributed by atoms with Crippen LogP contribution in [-0.2, 0) is 13.6 Å². The molecule has 0 unspecified atom stereocenters. The molecule has 0 spiro atoms. The van der Waals surface area contributed by atoms with E-state index in [-0.39, 0.29) is 6.04 Å². The summed E-state index contributed by atoms with van der Waals surface area (Å²) in [7, 11) is 4.02. The minimum atomic E-state index is 0.181. The van der Waals surface area contributed by atoms with Crippen LogP contribution >= 0.6 is 11.6 Å². The normalized spacial score (nSPS) is 12.5. The van der Waals surface area contributed by atoms with E-state index in [4.69, 9.17) is 11.6 Å². The Kier molecular flexibility index (Phi) is 4.92. The molecule has 6 heteroatoms. The van der Waals surface area contributed by atoms with Gasteiger partial charge in [0.2, 0.25) is 0 Å². The van der Waals surface area contributed by atoms with Gasteiger partial charge in [-0.05, 0) is 32.2 Å². The fraction of sp³-hybridized carbons (Fsp3) is 0.278. The van der Waals surface area contributed by atoms with Crippen LogP contribution in [0.25, 0.3) is 11.3 Å². The van der Waals surface area contributed by atoms with Gasteiger partial charge in [-0.2, -0.15) is 5.10 Å². The van der Waals surface area contributed by atoms with Crippen molar-refractivity contribution in [2.75, 3.05) is 7.05 Å². The molecule has 5 nitrogen and oxygen atoms in total. The van der Waals surface area contributed by atoms with E-state index >= 15 is 0 Å². The van der Waals surface area contributed by atoms with Crippen molar-refractivity contribution in [2.24, 2.45) is 7.05 Å². The standard InChI is InChI=1S/C18H20ClN5/c1-13(17-7-8-20-12-21-17)23(2)10-15-11-24(3)22-18(15)14-5-4-6-16(19)9-14/h4-9,11-13H,10H2,1-3H3/t13-/m1/s1. The zero-order valence-electron chi connectivity index (χ0n) is 14.0. The monoisotopic (exact) mass is 341 g/mol. The summed E-state index contributed by atoms with van der Waals surface area (Å²) >= 11 is 6.13. The molecular weight excluding hydrogens is 322 g/mol. The van der Waals surface area contributed by atoms with E-state index in [1.807, 2.05) is 42.1 Å². The van der Waals surface area contributed by atoms with E-state index in [0.717, 1.165) is 29.1 Å². The summed E-state index contributed by atoms with van der Waals surface area (Å²) in [6, 6.07) is 9.93. The van der Waals surface area contributed by atoms with Gasteiger partial charge in [-0.1, -0.05) is 23.7 Å². The van der Waals surface area contributed by atoms with Gasteiger partial charge in [0.1, 0.15) is 6.33 Å². The molecule has 0 aliphatic carbocycles. The molecule has 1 atom stereocenters. The molecule has 0 radical (unpaired) electrons. The molecule has 0 aliphatic rings. The summed E-state index contributed by atoms with van der Waals surface area (Å²) in [5.41, 5.74) is 4.15. The Bertz CT molecular complexity index is 815. The van der Waals surface area contributed by atoms with Crippen LogP contribution in [0.5, 0.6) is 0 Å². The summed E-state index contributed by atoms with van der Waals surface area (Å²) < 4.78 is 1.84. The SMILES string of the molecule is C[C@H](c1ccncn1)N(C)Cc1cn(C)nc1-c1cccc(Cl)c1. The molecular formula is C18H20ClN5. The molecule has 3 aromatic rings. The van der Waals surface area contributed by atoms with Gasteiger partial charge in [-0.15, -0.1) is 0 Å². The number of hydrogen-bond acceptors (Lipinski definition) is 4. The van der Waals surface area contributed by atoms with Gasteiger partial charge in [-0.3, -0.25) is 9.58 Å². The maximum atomic E-state index is 6.13. The minimum Gasteiger partial charge on any atom is -0.294 e. The van der Waals surface area contributed by atoms with Crippen molar-refractivity contribution in [3.05, 3.63) is 65.3 Å². The lowest BCUT2D eigenvalue weighted by Gasteiger charge is -2.24. The van der Waals surface area contributed by atoms with Crippen molar-refractivity contribution in [3.63, 3.8) is 0 Å². The first-order valence-electron chi connectivity index (χ1n) is 7.79. The lowest BCUT2D eigenvalue weighted by Crippen LogP contribution is -2.22. The third-order valence-corrected chi connectivity index (χ3v) is 4.35. The van der Waals surface area contributed by atoms with Crippen LogP contribution in [0, 0.1) is 0 Å². The third kappa shape index (κ3) is 3.63. The van der Waals surface area contributed by atoms with Crippen molar-refractivity contribution in [3.8, 4) is 11.3 Å². The zero-order valence-corrected chi connectivity index (χ0v) is 14.8. The molecule has 0 bridgehead atoms. The van der Waals surface area contributed by atoms with Crippen LogP contribution in [-0.4, -0.2) is 31.7 Å². The Balaban J connectivity index is 1.85. The number of halogens is 1. The van der Waals surface area contributed by atoms with E-state index in [0.29, 0.717) is 5.02 Å². The quantitative estimate of drug-likeness (QED) is 0.709. The molecule has 0 saturated carbocycles. The van der Waals surface area contributed by atoms with Crippen LogP contribution in [0.3, 0.4) is 0 Å². The number of hydrogen-bond donors (Lipinski definition) is 0. The van der Waals surface area contributed by atoms with Crippen LogP contribution < -0.4 is 0 Å². The molecule has 0 amide bonds. The predicted molar refractivity (Wildman–Crippen MR) is 95.6 cm³/mol. The summed E-state index contributed by atoms with van der Waals surface area (Å²) in [5.74, 6) is 0. The van der Waals surface area contributed by atoms with Crippen molar-refractivity contribution >= 4 is 11.6 Å². The van der Waals surface area contributed by atoms with E-state index in [2.05, 4.69) is 40.1 Å². The molecule has 2 aromatic heterocycles. The molecule has 3 rings (SSSR count). The van der Waals surface area contributed by atoms with Gasteiger partial charge in [0, 0.05) is 48.2 Å². The zero-order chi connectivity index (χ0) is 17.1. The Labute approximate surface area is 146 Å². The highest BCUT2D eigenvalue weighted by Gasteiger charge is 2.17. The average Bonchev–Trinajstić information content (AvgIpc) is 2.95. The Morgan fingerprint density at radius 1 is 1.29 bits per heavy atom. The second kappa shape index (κ2) is 7.11. The number of aryl methyl sites for hydroxylation is 1. The lowest BCUT2D eigenvalue weighted by atomic mass is 10.1. The van der Waals surface area contributed by atoms with Gasteiger partial charge in [0.15, 0.2) is 0 Å². The number of rotatable bonds is 5. The first-order valence-corrected chi connectivity index (χ1v) is 8.17. The molecule has 0 saturated heterocycles. The van der Waals surface area contributed by atoms with Gasteiger partial charge in [0.25, 0.3) is 0 Å². The second-order valence-corrected chi connectivity index (χ2v) is 6.35. The van der Waals surface area contributed by atoms with Crippen molar-refractivity contribution in [2.45, 2.75) is 19.5 Å². The summed E-state index contributed by atoms with van der Waals surface area (Å²) in [5, 5.41) is 5.33. The van der Waals surface area contributed by atoms with E-state index in [1.54, 1.807) is 12.5 Å². The molecule has 2 heterocycles. The maximum absolute atomic E-state index is 6.13. The smallest absolute Gasteiger partial charge is 0.115 e. The fourth-order valence-corrected chi connectivity index (χ4v) is 2.90. The largest absolute Gasteiger partial charge is 0.294 e. The van der Waals surface area contributed by atoms with Crippen LogP contribution in [0.4, 0.5) is 0 Å². The number of nitrogens with zero attached hydrogens (tertiary/aromatic N) is 5. The van der Waals surface area contributed by atoms with E-state index < -0.39 is 0 Å². The fourth-order valence-electron chi connectivity index (χ4n) is 2.71. The minimum absolute atomic E-state index is 0.181. The van der Waals surface area contributed by atoms with E-state index in [9.17, 15) is 0 Å². The Hall–Kier alpha value is -2.24. The molecule has 0 fully saturated rings. The van der Waals surface area contributed by atoms with Crippen LogP contribution in [0.2, 0.25) is 5.02 Å². The molecule has 0 aliphatic heterocycles. The van der Waals surface area contributed by atoms with Crippen molar-refractivity contribution in [1.82, 2.24) is 24.6 Å². The average molecular weight is 342 g/mol. The second-order valence-electron chi connectivity index (χ2n) is 5.91. The first kappa shape index (κ1) is 16.6. The molecule has 24 heavy (non-hydrogen) atoms. The first-order chi connectivity index (χ1) is 11.5.